The summed E-state index contributed by atoms with van der Waals surface area (Å²) in [5.74, 6) is -2.35. The highest BCUT2D eigenvalue weighted by atomic mass is 32.2. The van der Waals surface area contributed by atoms with E-state index in [2.05, 4.69) is 12.2 Å². The fourth-order valence-electron chi connectivity index (χ4n) is 2.16. The van der Waals surface area contributed by atoms with Crippen LogP contribution in [0.15, 0.2) is 29.2 Å². The molecule has 0 aromatic heterocycles. The molecule has 0 aliphatic carbocycles. The number of nitrogens with one attached hydrogen (secondary N) is 1. The van der Waals surface area contributed by atoms with Crippen LogP contribution in [0.2, 0.25) is 0 Å². The summed E-state index contributed by atoms with van der Waals surface area (Å²) in [6, 6.07) is 7.47. The van der Waals surface area contributed by atoms with Gasteiger partial charge in [0.25, 0.3) is 5.76 Å². The zero-order valence-electron chi connectivity index (χ0n) is 9.17. The maximum Gasteiger partial charge on any atom is 0.288 e. The molecule has 1 aliphatic heterocycles. The van der Waals surface area contributed by atoms with Crippen LogP contribution in [0.3, 0.4) is 0 Å². The number of rotatable bonds is 3. The second-order valence-corrected chi connectivity index (χ2v) is 5.33. The molecule has 1 N–H and O–H groups in total. The van der Waals surface area contributed by atoms with Gasteiger partial charge in [-0.15, -0.1) is 0 Å². The summed E-state index contributed by atoms with van der Waals surface area (Å²) >= 11 is 0.609. The van der Waals surface area contributed by atoms with E-state index in [1.165, 1.54) is 0 Å². The smallest absolute Gasteiger partial charge is 0.288 e. The Kier molecular flexibility index (Phi) is 3.50. The highest BCUT2D eigenvalue weighted by molar-refractivity contribution is 7.99. The van der Waals surface area contributed by atoms with E-state index in [9.17, 15) is 8.78 Å². The van der Waals surface area contributed by atoms with Crippen LogP contribution in [-0.4, -0.2) is 12.3 Å². The molecule has 2 rings (SSSR count). The Balaban J connectivity index is 2.21. The largest absolute Gasteiger partial charge is 0.308 e. The van der Waals surface area contributed by atoms with E-state index in [1.807, 2.05) is 18.2 Å². The molecule has 1 atom stereocenters. The molecule has 0 amide bonds. The molecular formula is C12H15F2NS. The van der Waals surface area contributed by atoms with Gasteiger partial charge in [-0.25, -0.2) is 0 Å². The highest BCUT2D eigenvalue weighted by Gasteiger charge is 2.29. The number of benzene rings is 1. The van der Waals surface area contributed by atoms with Crippen LogP contribution in [0.5, 0.6) is 0 Å². The lowest BCUT2D eigenvalue weighted by Crippen LogP contribution is -2.33. The number of halogens is 2. The zero-order chi connectivity index (χ0) is 11.6. The van der Waals surface area contributed by atoms with E-state index >= 15 is 0 Å². The van der Waals surface area contributed by atoms with Gasteiger partial charge in [0.15, 0.2) is 0 Å². The quantitative estimate of drug-likeness (QED) is 0.814. The van der Waals surface area contributed by atoms with Crippen LogP contribution in [0.25, 0.3) is 0 Å². The minimum atomic E-state index is -2.35. The van der Waals surface area contributed by atoms with E-state index in [0.29, 0.717) is 16.7 Å². The van der Waals surface area contributed by atoms with Crippen molar-refractivity contribution in [3.05, 3.63) is 29.8 Å². The average molecular weight is 243 g/mol. The van der Waals surface area contributed by atoms with Gasteiger partial charge in [-0.3, -0.25) is 0 Å². The molecule has 1 heterocycles. The Bertz CT molecular complexity index is 362. The molecule has 1 saturated heterocycles. The number of hydrogen-bond acceptors (Lipinski definition) is 2. The van der Waals surface area contributed by atoms with Crippen molar-refractivity contribution in [1.82, 2.24) is 5.32 Å². The first-order valence-corrected chi connectivity index (χ1v) is 6.28. The molecule has 1 aromatic rings. The molecule has 88 valence electrons. The maximum absolute atomic E-state index is 12.3. The predicted octanol–water partition coefficient (Wildman–Crippen LogP) is 3.60. The molecule has 1 aliphatic rings. The molecular weight excluding hydrogens is 228 g/mol. The van der Waals surface area contributed by atoms with Crippen molar-refractivity contribution in [3.8, 4) is 0 Å². The molecule has 0 bridgehead atoms. The standard InChI is InChI=1S/C12H15F2NS/c1-12(6-3-7-15-12)9-4-2-5-10(8-9)16-11(13)14/h2,4-5,8,11,15H,3,6-7H2,1H3. The van der Waals surface area contributed by atoms with Gasteiger partial charge in [-0.1, -0.05) is 23.9 Å². The van der Waals surface area contributed by atoms with E-state index in [4.69, 9.17) is 0 Å². The Morgan fingerprint density at radius 3 is 2.88 bits per heavy atom. The zero-order valence-corrected chi connectivity index (χ0v) is 9.99. The van der Waals surface area contributed by atoms with Crippen LogP contribution in [0.1, 0.15) is 25.3 Å². The molecule has 16 heavy (non-hydrogen) atoms. The number of alkyl halides is 2. The molecule has 4 heteroatoms. The summed E-state index contributed by atoms with van der Waals surface area (Å²) in [5.41, 5.74) is 1.06. The second kappa shape index (κ2) is 4.72. The van der Waals surface area contributed by atoms with Gasteiger partial charge in [0.1, 0.15) is 0 Å². The van der Waals surface area contributed by atoms with Gasteiger partial charge in [0, 0.05) is 10.4 Å². The van der Waals surface area contributed by atoms with Crippen LogP contribution < -0.4 is 5.32 Å². The normalized spacial score (nSPS) is 25.2. The molecule has 1 fully saturated rings. The van der Waals surface area contributed by atoms with Gasteiger partial charge in [0.05, 0.1) is 0 Å². The van der Waals surface area contributed by atoms with Crippen LogP contribution in [-0.2, 0) is 5.54 Å². The van der Waals surface area contributed by atoms with Gasteiger partial charge in [0.2, 0.25) is 0 Å². The van der Waals surface area contributed by atoms with Crippen molar-refractivity contribution < 1.29 is 8.78 Å². The van der Waals surface area contributed by atoms with E-state index in [0.717, 1.165) is 24.9 Å². The predicted molar refractivity (Wildman–Crippen MR) is 62.9 cm³/mol. The topological polar surface area (TPSA) is 12.0 Å². The van der Waals surface area contributed by atoms with Crippen LogP contribution in [0.4, 0.5) is 8.78 Å². The summed E-state index contributed by atoms with van der Waals surface area (Å²) in [4.78, 5) is 0.641. The highest BCUT2D eigenvalue weighted by Crippen LogP contribution is 2.33. The van der Waals surface area contributed by atoms with Gasteiger partial charge < -0.3 is 5.32 Å². The molecule has 0 saturated carbocycles. The van der Waals surface area contributed by atoms with E-state index in [-0.39, 0.29) is 5.54 Å². The van der Waals surface area contributed by atoms with E-state index < -0.39 is 5.76 Å². The summed E-state index contributed by atoms with van der Waals surface area (Å²) in [6.45, 7) is 3.13. The van der Waals surface area contributed by atoms with Crippen LogP contribution >= 0.6 is 11.8 Å². The number of thioether (sulfide) groups is 1. The van der Waals surface area contributed by atoms with Crippen LogP contribution in [0, 0.1) is 0 Å². The van der Waals surface area contributed by atoms with Crippen molar-refractivity contribution >= 4 is 11.8 Å². The Morgan fingerprint density at radius 1 is 1.44 bits per heavy atom. The Morgan fingerprint density at radius 2 is 2.25 bits per heavy atom. The third-order valence-electron chi connectivity index (χ3n) is 3.07. The third kappa shape index (κ3) is 2.55. The summed E-state index contributed by atoms with van der Waals surface area (Å²) in [7, 11) is 0. The first kappa shape index (κ1) is 11.9. The monoisotopic (exact) mass is 243 g/mol. The SMILES string of the molecule is CC1(c2cccc(SC(F)F)c2)CCCN1. The lowest BCUT2D eigenvalue weighted by molar-refractivity contribution is 0.252. The second-order valence-electron chi connectivity index (χ2n) is 4.27. The van der Waals surface area contributed by atoms with Gasteiger partial charge in [-0.05, 0) is 44.0 Å². The summed E-state index contributed by atoms with van der Waals surface area (Å²) < 4.78 is 24.5. The van der Waals surface area contributed by atoms with Crippen molar-refractivity contribution in [1.29, 1.82) is 0 Å². The molecule has 0 spiro atoms. The molecule has 1 nitrogen and oxygen atoms in total. The Hall–Kier alpha value is -0.610. The van der Waals surface area contributed by atoms with Crippen molar-refractivity contribution in [2.45, 2.75) is 36.0 Å². The fourth-order valence-corrected chi connectivity index (χ4v) is 2.71. The van der Waals surface area contributed by atoms with Crippen molar-refractivity contribution in [2.24, 2.45) is 0 Å². The summed E-state index contributed by atoms with van der Waals surface area (Å²) in [5, 5.41) is 3.43. The lowest BCUT2D eigenvalue weighted by Gasteiger charge is -2.25. The minimum Gasteiger partial charge on any atom is -0.308 e. The summed E-state index contributed by atoms with van der Waals surface area (Å²) in [6.07, 6.45) is 2.21. The lowest BCUT2D eigenvalue weighted by atomic mass is 9.91. The minimum absolute atomic E-state index is 0.0430. The van der Waals surface area contributed by atoms with Gasteiger partial charge >= 0.3 is 0 Å². The number of hydrogen-bond donors (Lipinski definition) is 1. The van der Waals surface area contributed by atoms with E-state index in [1.54, 1.807) is 6.07 Å². The first-order chi connectivity index (χ1) is 7.60. The molecule has 1 aromatic carbocycles. The van der Waals surface area contributed by atoms with Crippen molar-refractivity contribution in [3.63, 3.8) is 0 Å². The van der Waals surface area contributed by atoms with Crippen molar-refractivity contribution in [2.75, 3.05) is 6.54 Å². The van der Waals surface area contributed by atoms with Gasteiger partial charge in [-0.2, -0.15) is 8.78 Å². The third-order valence-corrected chi connectivity index (χ3v) is 3.77. The molecule has 0 radical (unpaired) electrons. The first-order valence-electron chi connectivity index (χ1n) is 5.40. The maximum atomic E-state index is 12.3. The Labute approximate surface area is 98.6 Å². The molecule has 1 unspecified atom stereocenters. The average Bonchev–Trinajstić information content (AvgIpc) is 2.66. The fraction of sp³-hybridized carbons (Fsp3) is 0.500.